The van der Waals surface area contributed by atoms with Crippen molar-refractivity contribution in [2.75, 3.05) is 25.5 Å². The van der Waals surface area contributed by atoms with Crippen molar-refractivity contribution in [1.82, 2.24) is 14.5 Å². The van der Waals surface area contributed by atoms with Gasteiger partial charge in [0.25, 0.3) is 0 Å². The summed E-state index contributed by atoms with van der Waals surface area (Å²) in [5.74, 6) is 1.79. The van der Waals surface area contributed by atoms with Gasteiger partial charge in [-0.1, -0.05) is 80.3 Å². The van der Waals surface area contributed by atoms with Gasteiger partial charge in [-0.05, 0) is 32.5 Å². The molecule has 1 aromatic heterocycles. The molecule has 2 aromatic rings. The maximum absolute atomic E-state index is 5.05. The van der Waals surface area contributed by atoms with E-state index in [9.17, 15) is 0 Å². The van der Waals surface area contributed by atoms with Crippen LogP contribution in [0, 0.1) is 6.92 Å². The summed E-state index contributed by atoms with van der Waals surface area (Å²) in [5, 5.41) is 0. The van der Waals surface area contributed by atoms with Crippen LogP contribution in [0.5, 0.6) is 0 Å². The molecule has 0 N–H and O–H groups in total. The first-order chi connectivity index (χ1) is 14.9. The number of anilines is 1. The number of rotatable bonds is 11. The van der Waals surface area contributed by atoms with Crippen molar-refractivity contribution in [3.05, 3.63) is 91.3 Å². The molecule has 0 aliphatic heterocycles. The van der Waals surface area contributed by atoms with Crippen molar-refractivity contribution in [2.45, 2.75) is 33.7 Å². The fourth-order valence-corrected chi connectivity index (χ4v) is 3.38. The van der Waals surface area contributed by atoms with Crippen LogP contribution in [0.1, 0.15) is 31.5 Å². The summed E-state index contributed by atoms with van der Waals surface area (Å²) in [5.41, 5.74) is 4.26. The molecule has 0 fully saturated rings. The second-order valence-electron chi connectivity index (χ2n) is 7.59. The van der Waals surface area contributed by atoms with E-state index < -0.39 is 0 Å². The van der Waals surface area contributed by atoms with E-state index in [0.29, 0.717) is 6.54 Å². The zero-order chi connectivity index (χ0) is 22.8. The van der Waals surface area contributed by atoms with Crippen molar-refractivity contribution in [3.63, 3.8) is 0 Å². The molecule has 1 heterocycles. The monoisotopic (exact) mass is 416 g/mol. The Morgan fingerprint density at radius 1 is 1.16 bits per heavy atom. The molecule has 31 heavy (non-hydrogen) atoms. The van der Waals surface area contributed by atoms with Gasteiger partial charge in [0, 0.05) is 32.7 Å². The van der Waals surface area contributed by atoms with Crippen LogP contribution in [0.25, 0.3) is 17.1 Å². The Kier molecular flexibility index (Phi) is 9.13. The molecule has 0 aliphatic rings. The van der Waals surface area contributed by atoms with E-state index in [1.54, 1.807) is 6.20 Å². The molecule has 0 amide bonds. The number of hydrogen-bond acceptors (Lipinski definition) is 3. The average Bonchev–Trinajstić information content (AvgIpc) is 3.14. The Morgan fingerprint density at radius 3 is 2.55 bits per heavy atom. The van der Waals surface area contributed by atoms with E-state index in [4.69, 9.17) is 4.98 Å². The van der Waals surface area contributed by atoms with Crippen LogP contribution in [0.2, 0.25) is 0 Å². The van der Waals surface area contributed by atoms with Crippen LogP contribution in [0.4, 0.5) is 5.82 Å². The minimum absolute atomic E-state index is 0.690. The standard InChI is InChI=1S/C27H36N4/c1-8-11-12-13-14-15-20-31-25(23(5)30(7)19-9-2)27(29(6)10-3)28-26(31)24-18-16-17-22(4)21-24/h8,10-18,21H,3,5,9,19-20H2,1-2,4,6-7H3/b11-8-,13-12-,15-14+. The third-order valence-corrected chi connectivity index (χ3v) is 5.08. The van der Waals surface area contributed by atoms with E-state index in [2.05, 4.69) is 79.9 Å². The second kappa shape index (κ2) is 11.8. The first-order valence-corrected chi connectivity index (χ1v) is 10.8. The highest BCUT2D eigenvalue weighted by Gasteiger charge is 2.23. The molecule has 2 rings (SSSR count). The third-order valence-electron chi connectivity index (χ3n) is 5.08. The molecule has 0 saturated carbocycles. The van der Waals surface area contributed by atoms with Crippen LogP contribution < -0.4 is 4.90 Å². The molecule has 0 radical (unpaired) electrons. The molecule has 4 heteroatoms. The number of benzene rings is 1. The predicted molar refractivity (Wildman–Crippen MR) is 136 cm³/mol. The van der Waals surface area contributed by atoms with Gasteiger partial charge in [-0.25, -0.2) is 4.98 Å². The van der Waals surface area contributed by atoms with E-state index in [0.717, 1.165) is 41.6 Å². The van der Waals surface area contributed by atoms with Crippen molar-refractivity contribution in [2.24, 2.45) is 0 Å². The fraction of sp³-hybridized carbons (Fsp3) is 0.296. The minimum Gasteiger partial charge on any atom is -0.373 e. The number of allylic oxidation sites excluding steroid dienone is 6. The first-order valence-electron chi connectivity index (χ1n) is 10.8. The molecular weight excluding hydrogens is 380 g/mol. The van der Waals surface area contributed by atoms with Crippen LogP contribution in [0.15, 0.2) is 80.1 Å². The maximum Gasteiger partial charge on any atom is 0.160 e. The zero-order valence-corrected chi connectivity index (χ0v) is 19.7. The quantitative estimate of drug-likeness (QED) is 0.394. The Hall–Kier alpha value is -3.27. The number of aryl methyl sites for hydroxylation is 1. The van der Waals surface area contributed by atoms with Crippen molar-refractivity contribution >= 4 is 11.5 Å². The lowest BCUT2D eigenvalue weighted by Crippen LogP contribution is -2.21. The van der Waals surface area contributed by atoms with Gasteiger partial charge in [-0.2, -0.15) is 0 Å². The number of imidazole rings is 1. The summed E-state index contributed by atoms with van der Waals surface area (Å²) >= 11 is 0. The van der Waals surface area contributed by atoms with Gasteiger partial charge in [-0.3, -0.25) is 0 Å². The Labute approximate surface area is 188 Å². The topological polar surface area (TPSA) is 24.3 Å². The van der Waals surface area contributed by atoms with Gasteiger partial charge in [0.15, 0.2) is 5.82 Å². The first kappa shape index (κ1) is 24.0. The highest BCUT2D eigenvalue weighted by Crippen LogP contribution is 2.33. The van der Waals surface area contributed by atoms with Gasteiger partial charge >= 0.3 is 0 Å². The molecule has 1 aromatic carbocycles. The van der Waals surface area contributed by atoms with Crippen molar-refractivity contribution in [3.8, 4) is 11.4 Å². The molecule has 164 valence electrons. The Balaban J connectivity index is 2.65. The van der Waals surface area contributed by atoms with Gasteiger partial charge < -0.3 is 14.4 Å². The summed E-state index contributed by atoms with van der Waals surface area (Å²) < 4.78 is 2.25. The predicted octanol–water partition coefficient (Wildman–Crippen LogP) is 6.44. The summed E-state index contributed by atoms with van der Waals surface area (Å²) in [7, 11) is 4.06. The Morgan fingerprint density at radius 2 is 1.90 bits per heavy atom. The molecule has 4 nitrogen and oxygen atoms in total. The highest BCUT2D eigenvalue weighted by molar-refractivity contribution is 5.75. The molecule has 0 atom stereocenters. The van der Waals surface area contributed by atoms with Gasteiger partial charge in [0.05, 0.1) is 5.70 Å². The molecule has 0 unspecified atom stereocenters. The summed E-state index contributed by atoms with van der Waals surface area (Å²) in [6.07, 6.45) is 15.2. The lowest BCUT2D eigenvalue weighted by atomic mass is 10.1. The third kappa shape index (κ3) is 6.11. The van der Waals surface area contributed by atoms with E-state index >= 15 is 0 Å². The zero-order valence-electron chi connectivity index (χ0n) is 19.7. The van der Waals surface area contributed by atoms with Gasteiger partial charge in [0.2, 0.25) is 0 Å². The molecular formula is C27H36N4. The van der Waals surface area contributed by atoms with Crippen molar-refractivity contribution < 1.29 is 0 Å². The summed E-state index contributed by atoms with van der Waals surface area (Å²) in [4.78, 5) is 9.21. The SMILES string of the molecule is C=CN(C)c1nc(-c2cccc(C)c2)n(C/C=C/C=C\C=C/C)c1C(=C)N(C)CCC. The van der Waals surface area contributed by atoms with Crippen LogP contribution in [-0.2, 0) is 6.54 Å². The fourth-order valence-electron chi connectivity index (χ4n) is 3.38. The molecule has 0 bridgehead atoms. The number of hydrogen-bond donors (Lipinski definition) is 0. The lowest BCUT2D eigenvalue weighted by molar-refractivity contribution is 0.474. The molecule has 0 saturated heterocycles. The maximum atomic E-state index is 5.05. The summed E-state index contributed by atoms with van der Waals surface area (Å²) in [6.45, 7) is 16.3. The second-order valence-corrected chi connectivity index (χ2v) is 7.59. The molecule has 0 spiro atoms. The van der Waals surface area contributed by atoms with E-state index in [1.165, 1.54) is 5.56 Å². The summed E-state index contributed by atoms with van der Waals surface area (Å²) in [6, 6.07) is 8.47. The van der Waals surface area contributed by atoms with Crippen LogP contribution >= 0.6 is 0 Å². The molecule has 0 aliphatic carbocycles. The van der Waals surface area contributed by atoms with Crippen LogP contribution in [0.3, 0.4) is 0 Å². The van der Waals surface area contributed by atoms with Gasteiger partial charge in [0.1, 0.15) is 11.5 Å². The smallest absolute Gasteiger partial charge is 0.160 e. The van der Waals surface area contributed by atoms with Crippen LogP contribution in [-0.4, -0.2) is 35.1 Å². The normalized spacial score (nSPS) is 11.6. The Bertz CT molecular complexity index is 975. The lowest BCUT2D eigenvalue weighted by Gasteiger charge is -2.24. The average molecular weight is 417 g/mol. The van der Waals surface area contributed by atoms with E-state index in [-0.39, 0.29) is 0 Å². The highest BCUT2D eigenvalue weighted by atomic mass is 15.3. The largest absolute Gasteiger partial charge is 0.373 e. The number of aromatic nitrogens is 2. The van der Waals surface area contributed by atoms with Crippen molar-refractivity contribution in [1.29, 1.82) is 0 Å². The van der Waals surface area contributed by atoms with E-state index in [1.807, 2.05) is 43.2 Å². The minimum atomic E-state index is 0.690. The van der Waals surface area contributed by atoms with Gasteiger partial charge in [-0.15, -0.1) is 0 Å². The number of nitrogens with zero attached hydrogens (tertiary/aromatic N) is 4.